The maximum Gasteiger partial charge on any atom is 0.243 e. The van der Waals surface area contributed by atoms with E-state index >= 15 is 0 Å². The summed E-state index contributed by atoms with van der Waals surface area (Å²) in [6.45, 7) is 3.25. The zero-order valence-electron chi connectivity index (χ0n) is 16.3. The fraction of sp³-hybridized carbons (Fsp3) is 0.600. The largest absolute Gasteiger partial charge is 0.345 e. The van der Waals surface area contributed by atoms with Crippen molar-refractivity contribution in [3.05, 3.63) is 35.4 Å². The Kier molecular flexibility index (Phi) is 4.72. The first-order valence-electron chi connectivity index (χ1n) is 9.82. The number of carbonyl (C=O) groups is 2. The number of fused-ring (bicyclic) bond motifs is 1. The van der Waals surface area contributed by atoms with Gasteiger partial charge in [-0.05, 0) is 63.1 Å². The molecule has 3 fully saturated rings. The molecule has 158 valence electrons. The molecular weight excluding hydrogens is 402 g/mol. The minimum Gasteiger partial charge on any atom is -0.345 e. The van der Waals surface area contributed by atoms with Crippen LogP contribution in [0, 0.1) is 17.6 Å². The Hall–Kier alpha value is -2.03. The molecule has 6 nitrogen and oxygen atoms in total. The van der Waals surface area contributed by atoms with E-state index in [2.05, 4.69) is 5.32 Å². The monoisotopic (exact) mass is 426 g/mol. The summed E-state index contributed by atoms with van der Waals surface area (Å²) >= 11 is 0. The number of hydrogen-bond donors (Lipinski definition) is 1. The van der Waals surface area contributed by atoms with E-state index in [-0.39, 0.29) is 29.7 Å². The van der Waals surface area contributed by atoms with Crippen molar-refractivity contribution in [2.24, 2.45) is 5.92 Å². The highest BCUT2D eigenvalue weighted by Gasteiger charge is 2.58. The molecule has 29 heavy (non-hydrogen) atoms. The third-order valence-corrected chi connectivity index (χ3v) is 8.45. The molecule has 2 heterocycles. The van der Waals surface area contributed by atoms with E-state index in [1.54, 1.807) is 13.8 Å². The second-order valence-corrected chi connectivity index (χ2v) is 11.1. The third kappa shape index (κ3) is 3.65. The molecule has 0 spiro atoms. The molecule has 4 rings (SSSR count). The van der Waals surface area contributed by atoms with Crippen LogP contribution in [0.5, 0.6) is 0 Å². The van der Waals surface area contributed by atoms with Crippen molar-refractivity contribution in [1.82, 2.24) is 10.2 Å². The van der Waals surface area contributed by atoms with Gasteiger partial charge in [0, 0.05) is 12.1 Å². The number of rotatable bonds is 4. The standard InChI is InChI=1S/C20H24F2N2O4S/c1-20(2,12-8-13(21)10-14(22)9-12)23-18(25)16-7-11-6-15(11)24(16)19(26)17-4-3-5-29(17,27)28/h8-11,15-17H,3-7H2,1-2H3,(H,23,25)/t11-,15-,16-,17?/m0/s1. The van der Waals surface area contributed by atoms with Gasteiger partial charge in [-0.2, -0.15) is 0 Å². The van der Waals surface area contributed by atoms with Crippen LogP contribution in [0.25, 0.3) is 0 Å². The summed E-state index contributed by atoms with van der Waals surface area (Å²) in [5.74, 6) is -2.20. The molecule has 3 aliphatic rings. The van der Waals surface area contributed by atoms with Gasteiger partial charge < -0.3 is 10.2 Å². The number of nitrogens with one attached hydrogen (secondary N) is 1. The second kappa shape index (κ2) is 6.75. The molecule has 1 saturated carbocycles. The Morgan fingerprint density at radius 3 is 2.38 bits per heavy atom. The van der Waals surface area contributed by atoms with Gasteiger partial charge in [0.15, 0.2) is 9.84 Å². The number of benzene rings is 1. The topological polar surface area (TPSA) is 83.6 Å². The molecule has 4 atom stereocenters. The van der Waals surface area contributed by atoms with Gasteiger partial charge in [-0.25, -0.2) is 17.2 Å². The van der Waals surface area contributed by atoms with E-state index in [0.29, 0.717) is 12.8 Å². The summed E-state index contributed by atoms with van der Waals surface area (Å²) in [5.41, 5.74) is -0.802. The van der Waals surface area contributed by atoms with Crippen LogP contribution in [0.1, 0.15) is 45.1 Å². The number of amides is 2. The highest BCUT2D eigenvalue weighted by Crippen LogP contribution is 2.49. The number of likely N-dealkylation sites (tertiary alicyclic amines) is 1. The summed E-state index contributed by atoms with van der Waals surface area (Å²) in [4.78, 5) is 27.5. The van der Waals surface area contributed by atoms with Crippen molar-refractivity contribution in [2.75, 3.05) is 5.75 Å². The lowest BCUT2D eigenvalue weighted by Crippen LogP contribution is -2.54. The lowest BCUT2D eigenvalue weighted by Gasteiger charge is -2.33. The van der Waals surface area contributed by atoms with Gasteiger partial charge >= 0.3 is 0 Å². The van der Waals surface area contributed by atoms with E-state index < -0.39 is 50.1 Å². The maximum absolute atomic E-state index is 13.6. The van der Waals surface area contributed by atoms with Crippen LogP contribution in [-0.2, 0) is 25.0 Å². The number of halogens is 2. The van der Waals surface area contributed by atoms with Gasteiger partial charge in [-0.15, -0.1) is 0 Å². The van der Waals surface area contributed by atoms with Gasteiger partial charge in [-0.3, -0.25) is 9.59 Å². The summed E-state index contributed by atoms with van der Waals surface area (Å²) < 4.78 is 51.6. The number of sulfone groups is 1. The SMILES string of the molecule is CC(C)(NC(=O)[C@@H]1C[C@@H]2C[C@@H]2N1C(=O)C1CCCS1(=O)=O)c1cc(F)cc(F)c1. The van der Waals surface area contributed by atoms with Crippen LogP contribution < -0.4 is 5.32 Å². The fourth-order valence-corrected chi connectivity index (χ4v) is 6.43. The second-order valence-electron chi connectivity index (χ2n) is 8.83. The summed E-state index contributed by atoms with van der Waals surface area (Å²) in [6.07, 6.45) is 2.00. The predicted molar refractivity (Wildman–Crippen MR) is 101 cm³/mol. The van der Waals surface area contributed by atoms with Crippen LogP contribution >= 0.6 is 0 Å². The molecule has 1 N–H and O–H groups in total. The first-order valence-corrected chi connectivity index (χ1v) is 11.5. The van der Waals surface area contributed by atoms with Crippen LogP contribution in [0.2, 0.25) is 0 Å². The van der Waals surface area contributed by atoms with E-state index in [1.807, 2.05) is 0 Å². The fourth-order valence-electron chi connectivity index (χ4n) is 4.62. The highest BCUT2D eigenvalue weighted by molar-refractivity contribution is 7.93. The van der Waals surface area contributed by atoms with E-state index in [0.717, 1.165) is 24.6 Å². The smallest absolute Gasteiger partial charge is 0.243 e. The van der Waals surface area contributed by atoms with Gasteiger partial charge in [-0.1, -0.05) is 0 Å². The molecule has 9 heteroatoms. The zero-order chi connectivity index (χ0) is 21.1. The summed E-state index contributed by atoms with van der Waals surface area (Å²) in [6, 6.07) is 2.21. The van der Waals surface area contributed by atoms with Gasteiger partial charge in [0.2, 0.25) is 11.8 Å². The van der Waals surface area contributed by atoms with Crippen LogP contribution in [0.15, 0.2) is 18.2 Å². The van der Waals surface area contributed by atoms with E-state index in [4.69, 9.17) is 0 Å². The van der Waals surface area contributed by atoms with Crippen molar-refractivity contribution in [3.63, 3.8) is 0 Å². The zero-order valence-corrected chi connectivity index (χ0v) is 17.1. The molecule has 2 saturated heterocycles. The number of nitrogens with zero attached hydrogens (tertiary/aromatic N) is 1. The molecular formula is C20H24F2N2O4S. The number of piperidine rings is 1. The number of hydrogen-bond acceptors (Lipinski definition) is 4. The van der Waals surface area contributed by atoms with E-state index in [9.17, 15) is 26.8 Å². The Morgan fingerprint density at radius 2 is 1.79 bits per heavy atom. The third-order valence-electron chi connectivity index (χ3n) is 6.29. The average Bonchev–Trinajstić information content (AvgIpc) is 3.11. The molecule has 1 aromatic carbocycles. The predicted octanol–water partition coefficient (Wildman–Crippen LogP) is 1.88. The molecule has 0 radical (unpaired) electrons. The molecule has 0 bridgehead atoms. The Labute approximate surface area is 168 Å². The summed E-state index contributed by atoms with van der Waals surface area (Å²) in [7, 11) is -3.47. The van der Waals surface area contributed by atoms with Crippen molar-refractivity contribution >= 4 is 21.7 Å². The quantitative estimate of drug-likeness (QED) is 0.797. The summed E-state index contributed by atoms with van der Waals surface area (Å²) in [5, 5.41) is 1.72. The minimum atomic E-state index is -3.47. The number of carbonyl (C=O) groups excluding carboxylic acids is 2. The Balaban J connectivity index is 1.54. The van der Waals surface area contributed by atoms with Gasteiger partial charge in [0.1, 0.15) is 22.9 Å². The Morgan fingerprint density at radius 1 is 1.14 bits per heavy atom. The van der Waals surface area contributed by atoms with Crippen LogP contribution in [0.4, 0.5) is 8.78 Å². The van der Waals surface area contributed by atoms with Crippen molar-refractivity contribution in [3.8, 4) is 0 Å². The molecule has 2 amide bonds. The molecule has 2 aliphatic heterocycles. The lowest BCUT2D eigenvalue weighted by molar-refractivity contribution is -0.140. The van der Waals surface area contributed by atoms with Crippen molar-refractivity contribution in [1.29, 1.82) is 0 Å². The van der Waals surface area contributed by atoms with Gasteiger partial charge in [0.25, 0.3) is 0 Å². The lowest BCUT2D eigenvalue weighted by atomic mass is 9.93. The molecule has 1 unspecified atom stereocenters. The molecule has 1 aromatic rings. The van der Waals surface area contributed by atoms with Crippen LogP contribution in [-0.4, -0.2) is 48.2 Å². The highest BCUT2D eigenvalue weighted by atomic mass is 32.2. The average molecular weight is 426 g/mol. The minimum absolute atomic E-state index is 0.000369. The first-order chi connectivity index (χ1) is 13.5. The van der Waals surface area contributed by atoms with E-state index in [1.165, 1.54) is 4.90 Å². The first kappa shape index (κ1) is 20.3. The molecule has 0 aromatic heterocycles. The Bertz CT molecular complexity index is 958. The van der Waals surface area contributed by atoms with Gasteiger partial charge in [0.05, 0.1) is 11.3 Å². The van der Waals surface area contributed by atoms with Crippen LogP contribution in [0.3, 0.4) is 0 Å². The normalized spacial score (nSPS) is 30.1. The van der Waals surface area contributed by atoms with Crippen molar-refractivity contribution < 1.29 is 26.8 Å². The van der Waals surface area contributed by atoms with Crippen molar-refractivity contribution in [2.45, 2.75) is 62.4 Å². The molecule has 1 aliphatic carbocycles. The maximum atomic E-state index is 13.6.